The number of aromatic hydroxyl groups is 1. The van der Waals surface area contributed by atoms with Gasteiger partial charge in [-0.25, -0.2) is 0 Å². The minimum Gasteiger partial charge on any atom is -0.508 e. The summed E-state index contributed by atoms with van der Waals surface area (Å²) in [5, 5.41) is 11.9. The van der Waals surface area contributed by atoms with Crippen molar-refractivity contribution >= 4 is 10.8 Å². The second kappa shape index (κ2) is 10.2. The molecule has 4 aromatic carbocycles. The zero-order chi connectivity index (χ0) is 23.3. The van der Waals surface area contributed by atoms with Crippen LogP contribution in [0, 0.1) is 6.92 Å². The number of ether oxygens (including phenoxy) is 2. The van der Waals surface area contributed by atoms with Crippen LogP contribution in [0.15, 0.2) is 78.9 Å². The number of benzene rings is 4. The van der Waals surface area contributed by atoms with Gasteiger partial charge in [-0.2, -0.15) is 0 Å². The number of fused-ring (bicyclic) bond motifs is 1. The Bertz CT molecular complexity index is 1260. The van der Waals surface area contributed by atoms with Gasteiger partial charge < -0.3 is 14.6 Å². The van der Waals surface area contributed by atoms with Crippen LogP contribution in [0.4, 0.5) is 0 Å². The van der Waals surface area contributed by atoms with E-state index < -0.39 is 0 Å². The number of likely N-dealkylation sites (tertiary alicyclic amines) is 1. The highest BCUT2D eigenvalue weighted by molar-refractivity contribution is 5.96. The van der Waals surface area contributed by atoms with Gasteiger partial charge in [-0.05, 0) is 92.3 Å². The number of piperidine rings is 1. The maximum Gasteiger partial charge on any atom is 0.143 e. The fraction of sp³-hybridized carbons (Fsp3) is 0.267. The van der Waals surface area contributed by atoms with E-state index in [0.29, 0.717) is 6.61 Å². The molecule has 0 spiro atoms. The third kappa shape index (κ3) is 5.18. The molecule has 4 nitrogen and oxygen atoms in total. The largest absolute Gasteiger partial charge is 0.508 e. The highest BCUT2D eigenvalue weighted by atomic mass is 16.5. The van der Waals surface area contributed by atoms with Crippen molar-refractivity contribution < 1.29 is 14.6 Å². The maximum absolute atomic E-state index is 9.96. The van der Waals surface area contributed by atoms with Gasteiger partial charge in [0, 0.05) is 17.5 Å². The number of hydrogen-bond donors (Lipinski definition) is 1. The summed E-state index contributed by atoms with van der Waals surface area (Å²) in [4.78, 5) is 2.48. The molecule has 0 atom stereocenters. The Morgan fingerprint density at radius 2 is 1.62 bits per heavy atom. The van der Waals surface area contributed by atoms with E-state index in [1.807, 2.05) is 36.4 Å². The SMILES string of the molecule is Cc1cccc(-c2ccc3cc(O)ccc3c2Oc2ccc(OCCN3CCCCC3)cc2)c1. The molecule has 1 aliphatic heterocycles. The number of aryl methyl sites for hydroxylation is 1. The number of phenols is 1. The molecule has 0 unspecified atom stereocenters. The lowest BCUT2D eigenvalue weighted by molar-refractivity contribution is 0.183. The van der Waals surface area contributed by atoms with E-state index in [4.69, 9.17) is 9.47 Å². The Hall–Kier alpha value is -3.50. The van der Waals surface area contributed by atoms with Crippen molar-refractivity contribution in [3.05, 3.63) is 84.4 Å². The van der Waals surface area contributed by atoms with Gasteiger partial charge in [-0.1, -0.05) is 42.3 Å². The highest BCUT2D eigenvalue weighted by Crippen LogP contribution is 2.41. The van der Waals surface area contributed by atoms with Gasteiger partial charge in [0.25, 0.3) is 0 Å². The van der Waals surface area contributed by atoms with Crippen molar-refractivity contribution in [1.29, 1.82) is 0 Å². The second-order valence-electron chi connectivity index (χ2n) is 9.04. The van der Waals surface area contributed by atoms with Crippen molar-refractivity contribution in [3.8, 4) is 34.1 Å². The van der Waals surface area contributed by atoms with Crippen LogP contribution >= 0.6 is 0 Å². The maximum atomic E-state index is 9.96. The second-order valence-corrected chi connectivity index (χ2v) is 9.04. The molecule has 0 bridgehead atoms. The highest BCUT2D eigenvalue weighted by Gasteiger charge is 2.14. The molecule has 0 aromatic heterocycles. The minimum atomic E-state index is 0.243. The first-order chi connectivity index (χ1) is 16.7. The molecule has 0 aliphatic carbocycles. The number of phenolic OH excluding ortho intramolecular Hbond substituents is 1. The quantitative estimate of drug-likeness (QED) is 0.322. The summed E-state index contributed by atoms with van der Waals surface area (Å²) in [5.74, 6) is 2.62. The van der Waals surface area contributed by atoms with Gasteiger partial charge in [0.1, 0.15) is 29.6 Å². The molecule has 5 rings (SSSR count). The fourth-order valence-electron chi connectivity index (χ4n) is 4.64. The smallest absolute Gasteiger partial charge is 0.143 e. The van der Waals surface area contributed by atoms with Crippen LogP contribution in [-0.4, -0.2) is 36.2 Å². The third-order valence-electron chi connectivity index (χ3n) is 6.45. The van der Waals surface area contributed by atoms with Gasteiger partial charge in [-0.15, -0.1) is 0 Å². The zero-order valence-corrected chi connectivity index (χ0v) is 19.7. The topological polar surface area (TPSA) is 41.9 Å². The van der Waals surface area contributed by atoms with E-state index in [1.54, 1.807) is 12.1 Å². The summed E-state index contributed by atoms with van der Waals surface area (Å²) in [6, 6.07) is 25.7. The first-order valence-corrected chi connectivity index (χ1v) is 12.1. The lowest BCUT2D eigenvalue weighted by atomic mass is 9.98. The lowest BCUT2D eigenvalue weighted by Gasteiger charge is -2.26. The van der Waals surface area contributed by atoms with Crippen LogP contribution < -0.4 is 9.47 Å². The van der Waals surface area contributed by atoms with E-state index in [0.717, 1.165) is 45.7 Å². The molecule has 1 heterocycles. The van der Waals surface area contributed by atoms with Gasteiger partial charge >= 0.3 is 0 Å². The number of nitrogens with zero attached hydrogens (tertiary/aromatic N) is 1. The molecule has 34 heavy (non-hydrogen) atoms. The molecule has 1 saturated heterocycles. The predicted molar refractivity (Wildman–Crippen MR) is 138 cm³/mol. The van der Waals surface area contributed by atoms with Gasteiger partial charge in [0.15, 0.2) is 0 Å². The Morgan fingerprint density at radius 3 is 2.41 bits per heavy atom. The van der Waals surface area contributed by atoms with Crippen LogP contribution in [0.1, 0.15) is 24.8 Å². The van der Waals surface area contributed by atoms with Gasteiger partial charge in [0.05, 0.1) is 0 Å². The van der Waals surface area contributed by atoms with Crippen molar-refractivity contribution in [2.75, 3.05) is 26.2 Å². The van der Waals surface area contributed by atoms with E-state index in [9.17, 15) is 5.11 Å². The molecule has 1 aliphatic rings. The van der Waals surface area contributed by atoms with Crippen LogP contribution in [0.25, 0.3) is 21.9 Å². The number of rotatable bonds is 7. The molecule has 4 heteroatoms. The van der Waals surface area contributed by atoms with E-state index >= 15 is 0 Å². The van der Waals surface area contributed by atoms with Gasteiger partial charge in [0.2, 0.25) is 0 Å². The van der Waals surface area contributed by atoms with E-state index in [-0.39, 0.29) is 5.75 Å². The first-order valence-electron chi connectivity index (χ1n) is 12.1. The summed E-state index contributed by atoms with van der Waals surface area (Å²) in [7, 11) is 0. The van der Waals surface area contributed by atoms with Crippen molar-refractivity contribution in [2.24, 2.45) is 0 Å². The summed E-state index contributed by atoms with van der Waals surface area (Å²) in [6.07, 6.45) is 3.94. The van der Waals surface area contributed by atoms with E-state index in [1.165, 1.54) is 37.9 Å². The Labute approximate surface area is 201 Å². The fourth-order valence-corrected chi connectivity index (χ4v) is 4.64. The molecule has 1 fully saturated rings. The summed E-state index contributed by atoms with van der Waals surface area (Å²) in [5.41, 5.74) is 3.31. The standard InChI is InChI=1S/C30H31NO3/c1-22-6-5-7-23(20-22)28-14-8-24-21-25(32)9-15-29(24)30(28)34-27-12-10-26(11-13-27)33-19-18-31-16-3-2-4-17-31/h5-15,20-21,32H,2-4,16-19H2,1H3. The van der Waals surface area contributed by atoms with Crippen LogP contribution in [0.2, 0.25) is 0 Å². The normalized spacial score (nSPS) is 14.3. The average molecular weight is 454 g/mol. The van der Waals surface area contributed by atoms with Crippen LogP contribution in [0.3, 0.4) is 0 Å². The summed E-state index contributed by atoms with van der Waals surface area (Å²) < 4.78 is 12.4. The lowest BCUT2D eigenvalue weighted by Crippen LogP contribution is -2.33. The molecule has 4 aromatic rings. The molecule has 174 valence electrons. The number of hydrogen-bond acceptors (Lipinski definition) is 4. The average Bonchev–Trinajstić information content (AvgIpc) is 2.86. The minimum absolute atomic E-state index is 0.243. The molecular formula is C30H31NO3. The van der Waals surface area contributed by atoms with Crippen LogP contribution in [-0.2, 0) is 0 Å². The van der Waals surface area contributed by atoms with Gasteiger partial charge in [-0.3, -0.25) is 4.90 Å². The van der Waals surface area contributed by atoms with E-state index in [2.05, 4.69) is 42.2 Å². The van der Waals surface area contributed by atoms with Crippen molar-refractivity contribution in [1.82, 2.24) is 4.90 Å². The predicted octanol–water partition coefficient (Wildman–Crippen LogP) is 7.18. The monoisotopic (exact) mass is 453 g/mol. The Balaban J connectivity index is 1.37. The van der Waals surface area contributed by atoms with Crippen molar-refractivity contribution in [2.45, 2.75) is 26.2 Å². The molecular weight excluding hydrogens is 422 g/mol. The Morgan fingerprint density at radius 1 is 0.824 bits per heavy atom. The molecule has 0 radical (unpaired) electrons. The molecule has 0 amide bonds. The van der Waals surface area contributed by atoms with Crippen LogP contribution in [0.5, 0.6) is 23.0 Å². The Kier molecular flexibility index (Phi) is 6.68. The summed E-state index contributed by atoms with van der Waals surface area (Å²) in [6.45, 7) is 6.13. The molecule has 0 saturated carbocycles. The van der Waals surface area contributed by atoms with Crippen molar-refractivity contribution in [3.63, 3.8) is 0 Å². The third-order valence-corrected chi connectivity index (χ3v) is 6.45. The first kappa shape index (κ1) is 22.3. The summed E-state index contributed by atoms with van der Waals surface area (Å²) >= 11 is 0. The zero-order valence-electron chi connectivity index (χ0n) is 19.7. The molecule has 1 N–H and O–H groups in total.